The second-order valence-corrected chi connectivity index (χ2v) is 5.15. The van der Waals surface area contributed by atoms with Gasteiger partial charge < -0.3 is 5.73 Å². The third kappa shape index (κ3) is 3.77. The van der Waals surface area contributed by atoms with Gasteiger partial charge in [0.05, 0.1) is 5.02 Å². The SMILES string of the molecule is CN(Cc1ccncc1Cl)C(C(N)=O)c1cccc(F)c1. The molecular weight excluding hydrogens is 293 g/mol. The Balaban J connectivity index is 2.26. The number of amides is 1. The normalized spacial score (nSPS) is 12.4. The summed E-state index contributed by atoms with van der Waals surface area (Å²) in [6, 6.07) is 6.88. The van der Waals surface area contributed by atoms with Gasteiger partial charge in [0, 0.05) is 18.9 Å². The highest BCUT2D eigenvalue weighted by Gasteiger charge is 2.23. The topological polar surface area (TPSA) is 59.2 Å². The van der Waals surface area contributed by atoms with Crippen LogP contribution in [0.5, 0.6) is 0 Å². The Morgan fingerprint density at radius 1 is 1.48 bits per heavy atom. The number of hydrogen-bond donors (Lipinski definition) is 1. The molecule has 6 heteroatoms. The minimum Gasteiger partial charge on any atom is -0.368 e. The fourth-order valence-electron chi connectivity index (χ4n) is 2.20. The molecule has 0 saturated carbocycles. The lowest BCUT2D eigenvalue weighted by Crippen LogP contribution is -2.35. The van der Waals surface area contributed by atoms with Crippen molar-refractivity contribution >= 4 is 17.5 Å². The number of nitrogens with zero attached hydrogens (tertiary/aromatic N) is 2. The highest BCUT2D eigenvalue weighted by Crippen LogP contribution is 2.24. The van der Waals surface area contributed by atoms with Gasteiger partial charge in [0.1, 0.15) is 11.9 Å². The van der Waals surface area contributed by atoms with Crippen molar-refractivity contribution in [3.05, 3.63) is 64.7 Å². The van der Waals surface area contributed by atoms with Gasteiger partial charge in [-0.2, -0.15) is 0 Å². The number of likely N-dealkylation sites (N-methyl/N-ethyl adjacent to an activating group) is 1. The van der Waals surface area contributed by atoms with Crippen molar-refractivity contribution in [1.82, 2.24) is 9.88 Å². The molecule has 4 nitrogen and oxygen atoms in total. The Morgan fingerprint density at radius 3 is 2.86 bits per heavy atom. The largest absolute Gasteiger partial charge is 0.368 e. The van der Waals surface area contributed by atoms with Crippen molar-refractivity contribution in [2.24, 2.45) is 5.73 Å². The van der Waals surface area contributed by atoms with Gasteiger partial charge in [0.25, 0.3) is 0 Å². The van der Waals surface area contributed by atoms with Crippen LogP contribution in [0.4, 0.5) is 4.39 Å². The molecule has 2 N–H and O–H groups in total. The van der Waals surface area contributed by atoms with Gasteiger partial charge >= 0.3 is 0 Å². The fourth-order valence-corrected chi connectivity index (χ4v) is 2.38. The second-order valence-electron chi connectivity index (χ2n) is 4.74. The molecule has 1 unspecified atom stereocenters. The Kier molecular flexibility index (Phi) is 4.88. The molecule has 0 aliphatic heterocycles. The molecule has 0 saturated heterocycles. The van der Waals surface area contributed by atoms with Gasteiger partial charge in [0.15, 0.2) is 0 Å². The summed E-state index contributed by atoms with van der Waals surface area (Å²) in [6.45, 7) is 0.394. The first-order valence-electron chi connectivity index (χ1n) is 6.32. The molecule has 1 heterocycles. The summed E-state index contributed by atoms with van der Waals surface area (Å²) in [5.41, 5.74) is 6.79. The maximum absolute atomic E-state index is 13.3. The van der Waals surface area contributed by atoms with Crippen molar-refractivity contribution < 1.29 is 9.18 Å². The van der Waals surface area contributed by atoms with Crippen LogP contribution in [-0.4, -0.2) is 22.8 Å². The van der Waals surface area contributed by atoms with Crippen LogP contribution in [0.1, 0.15) is 17.2 Å². The zero-order valence-corrected chi connectivity index (χ0v) is 12.2. The van der Waals surface area contributed by atoms with E-state index in [1.165, 1.54) is 18.3 Å². The molecular formula is C15H15ClFN3O. The molecule has 0 spiro atoms. The number of carbonyl (C=O) groups is 1. The zero-order chi connectivity index (χ0) is 15.4. The summed E-state index contributed by atoms with van der Waals surface area (Å²) >= 11 is 6.06. The molecule has 1 atom stereocenters. The van der Waals surface area contributed by atoms with Crippen molar-refractivity contribution in [2.45, 2.75) is 12.6 Å². The van der Waals surface area contributed by atoms with Crippen LogP contribution >= 0.6 is 11.6 Å². The number of carbonyl (C=O) groups excluding carboxylic acids is 1. The molecule has 0 radical (unpaired) electrons. The Hall–Kier alpha value is -1.98. The average Bonchev–Trinajstić information content (AvgIpc) is 2.41. The summed E-state index contributed by atoms with van der Waals surface area (Å²) in [6.07, 6.45) is 3.16. The maximum Gasteiger partial charge on any atom is 0.239 e. The lowest BCUT2D eigenvalue weighted by atomic mass is 10.0. The zero-order valence-electron chi connectivity index (χ0n) is 11.5. The van der Waals surface area contributed by atoms with Crippen LogP contribution in [0.3, 0.4) is 0 Å². The number of hydrogen-bond acceptors (Lipinski definition) is 3. The quantitative estimate of drug-likeness (QED) is 0.923. The van der Waals surface area contributed by atoms with Crippen LogP contribution in [0, 0.1) is 5.82 Å². The smallest absolute Gasteiger partial charge is 0.239 e. The van der Waals surface area contributed by atoms with Crippen LogP contribution in [0.25, 0.3) is 0 Å². The van der Waals surface area contributed by atoms with Gasteiger partial charge in [-0.1, -0.05) is 23.7 Å². The van der Waals surface area contributed by atoms with E-state index in [-0.39, 0.29) is 0 Å². The number of aromatic nitrogens is 1. The minimum atomic E-state index is -0.732. The van der Waals surface area contributed by atoms with Crippen LogP contribution in [0.15, 0.2) is 42.7 Å². The van der Waals surface area contributed by atoms with Crippen molar-refractivity contribution in [3.8, 4) is 0 Å². The molecule has 2 rings (SSSR count). The third-order valence-electron chi connectivity index (χ3n) is 3.15. The first-order valence-corrected chi connectivity index (χ1v) is 6.70. The summed E-state index contributed by atoms with van der Waals surface area (Å²) in [4.78, 5) is 17.4. The standard InChI is InChI=1S/C15H15ClFN3O/c1-20(9-11-5-6-19-8-13(11)16)14(15(18)21)10-3-2-4-12(17)7-10/h2-8,14H,9H2,1H3,(H2,18,21). The van der Waals surface area contributed by atoms with Crippen molar-refractivity contribution in [2.75, 3.05) is 7.05 Å². The molecule has 0 fully saturated rings. The van der Waals surface area contributed by atoms with E-state index in [0.717, 1.165) is 5.56 Å². The van der Waals surface area contributed by atoms with Gasteiger partial charge in [-0.3, -0.25) is 14.7 Å². The first-order chi connectivity index (χ1) is 9.99. The molecule has 1 amide bonds. The lowest BCUT2D eigenvalue weighted by Gasteiger charge is -2.26. The van der Waals surface area contributed by atoms with Gasteiger partial charge in [-0.25, -0.2) is 4.39 Å². The number of rotatable bonds is 5. The molecule has 0 bridgehead atoms. The lowest BCUT2D eigenvalue weighted by molar-refractivity contribution is -0.123. The van der Waals surface area contributed by atoms with Gasteiger partial charge in [0.2, 0.25) is 5.91 Å². The van der Waals surface area contributed by atoms with E-state index in [9.17, 15) is 9.18 Å². The summed E-state index contributed by atoms with van der Waals surface area (Å²) in [5, 5.41) is 0.506. The number of nitrogens with two attached hydrogens (primary N) is 1. The summed E-state index contributed by atoms with van der Waals surface area (Å²) in [7, 11) is 1.73. The van der Waals surface area contributed by atoms with E-state index in [4.69, 9.17) is 17.3 Å². The van der Waals surface area contributed by atoms with E-state index in [2.05, 4.69) is 4.98 Å². The first kappa shape index (κ1) is 15.4. The molecule has 110 valence electrons. The van der Waals surface area contributed by atoms with E-state index < -0.39 is 17.8 Å². The van der Waals surface area contributed by atoms with Crippen molar-refractivity contribution in [1.29, 1.82) is 0 Å². The molecule has 21 heavy (non-hydrogen) atoms. The van der Waals surface area contributed by atoms with E-state index in [1.807, 2.05) is 0 Å². The van der Waals surface area contributed by atoms with E-state index >= 15 is 0 Å². The fraction of sp³-hybridized carbons (Fsp3) is 0.200. The summed E-state index contributed by atoms with van der Waals surface area (Å²) in [5.74, 6) is -0.956. The van der Waals surface area contributed by atoms with Crippen LogP contribution in [-0.2, 0) is 11.3 Å². The van der Waals surface area contributed by atoms with Gasteiger partial charge in [-0.05, 0) is 36.4 Å². The van der Waals surface area contributed by atoms with Gasteiger partial charge in [-0.15, -0.1) is 0 Å². The molecule has 0 aliphatic carbocycles. The molecule has 1 aromatic heterocycles. The number of pyridine rings is 1. The molecule has 1 aromatic carbocycles. The highest BCUT2D eigenvalue weighted by atomic mass is 35.5. The number of primary amides is 1. The second kappa shape index (κ2) is 6.65. The van der Waals surface area contributed by atoms with Crippen LogP contribution in [0.2, 0.25) is 5.02 Å². The highest BCUT2D eigenvalue weighted by molar-refractivity contribution is 6.31. The molecule has 2 aromatic rings. The Labute approximate surface area is 127 Å². The number of benzene rings is 1. The predicted octanol–water partition coefficient (Wildman–Crippen LogP) is 2.53. The maximum atomic E-state index is 13.3. The molecule has 0 aliphatic rings. The third-order valence-corrected chi connectivity index (χ3v) is 3.49. The van der Waals surface area contributed by atoms with E-state index in [0.29, 0.717) is 17.1 Å². The Bertz CT molecular complexity index is 650. The predicted molar refractivity (Wildman–Crippen MR) is 79.0 cm³/mol. The average molecular weight is 308 g/mol. The van der Waals surface area contributed by atoms with Crippen molar-refractivity contribution in [3.63, 3.8) is 0 Å². The monoisotopic (exact) mass is 307 g/mol. The summed E-state index contributed by atoms with van der Waals surface area (Å²) < 4.78 is 13.3. The Morgan fingerprint density at radius 2 is 2.24 bits per heavy atom. The van der Waals surface area contributed by atoms with Crippen LogP contribution < -0.4 is 5.73 Å². The number of halogens is 2. The minimum absolute atomic E-state index is 0.394. The van der Waals surface area contributed by atoms with E-state index in [1.54, 1.807) is 36.3 Å².